The van der Waals surface area contributed by atoms with Crippen molar-refractivity contribution in [1.29, 1.82) is 0 Å². The molecule has 1 aliphatic rings. The largest absolute Gasteiger partial charge is 0.381 e. The van der Waals surface area contributed by atoms with Gasteiger partial charge in [0.1, 0.15) is 5.60 Å². The van der Waals surface area contributed by atoms with Crippen LogP contribution in [0.1, 0.15) is 23.2 Å². The molecule has 16 heavy (non-hydrogen) atoms. The van der Waals surface area contributed by atoms with Gasteiger partial charge in [-0.25, -0.2) is 0 Å². The van der Waals surface area contributed by atoms with Gasteiger partial charge in [0.05, 0.1) is 11.8 Å². The number of carbonyl (C=O) groups is 1. The Labute approximate surface area is 94.3 Å². The number of rotatable bonds is 3. The summed E-state index contributed by atoms with van der Waals surface area (Å²) in [5, 5.41) is 4.01. The standard InChI is InChI=1S/C11H16N2O3/c1-13-8-9(7-12-13)10(14)11(15-2)3-5-16-6-4-11/h7-8H,3-6H2,1-2H3. The molecule has 1 saturated heterocycles. The number of ketones is 1. The van der Waals surface area contributed by atoms with E-state index < -0.39 is 5.60 Å². The first-order valence-electron chi connectivity index (χ1n) is 5.34. The summed E-state index contributed by atoms with van der Waals surface area (Å²) in [6.45, 7) is 1.14. The number of hydrogen-bond acceptors (Lipinski definition) is 4. The summed E-state index contributed by atoms with van der Waals surface area (Å²) in [7, 11) is 3.37. The van der Waals surface area contributed by atoms with Gasteiger partial charge in [-0.2, -0.15) is 5.10 Å². The molecule has 0 spiro atoms. The number of aryl methyl sites for hydroxylation is 1. The van der Waals surface area contributed by atoms with E-state index in [1.807, 2.05) is 0 Å². The maximum Gasteiger partial charge on any atom is 0.197 e. The number of methoxy groups -OCH3 is 1. The molecule has 0 aromatic carbocycles. The zero-order valence-electron chi connectivity index (χ0n) is 9.60. The van der Waals surface area contributed by atoms with E-state index in [1.54, 1.807) is 31.2 Å². The fourth-order valence-corrected chi connectivity index (χ4v) is 2.03. The van der Waals surface area contributed by atoms with Gasteiger partial charge >= 0.3 is 0 Å². The van der Waals surface area contributed by atoms with E-state index in [2.05, 4.69) is 5.10 Å². The molecule has 0 unspecified atom stereocenters. The van der Waals surface area contributed by atoms with Crippen LogP contribution in [-0.2, 0) is 16.5 Å². The van der Waals surface area contributed by atoms with Gasteiger partial charge in [-0.05, 0) is 0 Å². The second-order valence-corrected chi connectivity index (χ2v) is 4.04. The van der Waals surface area contributed by atoms with Crippen molar-refractivity contribution >= 4 is 5.78 Å². The van der Waals surface area contributed by atoms with Crippen molar-refractivity contribution in [1.82, 2.24) is 9.78 Å². The monoisotopic (exact) mass is 224 g/mol. The molecule has 2 heterocycles. The molecule has 0 saturated carbocycles. The fraction of sp³-hybridized carbons (Fsp3) is 0.636. The van der Waals surface area contributed by atoms with Crippen molar-refractivity contribution in [2.24, 2.45) is 7.05 Å². The molecule has 1 fully saturated rings. The number of hydrogen-bond donors (Lipinski definition) is 0. The van der Waals surface area contributed by atoms with Crippen molar-refractivity contribution in [3.63, 3.8) is 0 Å². The SMILES string of the molecule is COC1(C(=O)c2cnn(C)c2)CCOCC1. The molecule has 0 radical (unpaired) electrons. The second kappa shape index (κ2) is 4.35. The Morgan fingerprint density at radius 3 is 2.75 bits per heavy atom. The smallest absolute Gasteiger partial charge is 0.197 e. The third-order valence-electron chi connectivity index (χ3n) is 3.07. The first-order valence-corrected chi connectivity index (χ1v) is 5.34. The lowest BCUT2D eigenvalue weighted by Crippen LogP contribution is -2.45. The zero-order valence-corrected chi connectivity index (χ0v) is 9.60. The van der Waals surface area contributed by atoms with E-state index in [1.165, 1.54) is 0 Å². The first-order chi connectivity index (χ1) is 7.68. The Balaban J connectivity index is 2.24. The summed E-state index contributed by atoms with van der Waals surface area (Å²) in [6.07, 6.45) is 4.52. The topological polar surface area (TPSA) is 53.3 Å². The molecule has 0 atom stereocenters. The molecule has 88 valence electrons. The predicted molar refractivity (Wildman–Crippen MR) is 57.3 cm³/mol. The highest BCUT2D eigenvalue weighted by atomic mass is 16.5. The molecule has 0 amide bonds. The van der Waals surface area contributed by atoms with Gasteiger partial charge in [0.2, 0.25) is 0 Å². The molecule has 1 aromatic rings. The molecule has 1 aromatic heterocycles. The van der Waals surface area contributed by atoms with E-state index in [0.717, 1.165) is 0 Å². The number of nitrogens with zero attached hydrogens (tertiary/aromatic N) is 2. The highest BCUT2D eigenvalue weighted by Gasteiger charge is 2.41. The van der Waals surface area contributed by atoms with E-state index in [-0.39, 0.29) is 5.78 Å². The maximum atomic E-state index is 12.3. The van der Waals surface area contributed by atoms with Gasteiger partial charge in [-0.3, -0.25) is 9.48 Å². The molecule has 5 heteroatoms. The average molecular weight is 224 g/mol. The van der Waals surface area contributed by atoms with Crippen molar-refractivity contribution in [2.45, 2.75) is 18.4 Å². The Morgan fingerprint density at radius 1 is 1.56 bits per heavy atom. The minimum atomic E-state index is -0.721. The third-order valence-corrected chi connectivity index (χ3v) is 3.07. The average Bonchev–Trinajstić information content (AvgIpc) is 2.76. The summed E-state index contributed by atoms with van der Waals surface area (Å²) < 4.78 is 12.3. The van der Waals surface area contributed by atoms with E-state index in [4.69, 9.17) is 9.47 Å². The lowest BCUT2D eigenvalue weighted by Gasteiger charge is -2.33. The van der Waals surface area contributed by atoms with Crippen LogP contribution in [0.5, 0.6) is 0 Å². The quantitative estimate of drug-likeness (QED) is 0.712. The number of ether oxygens (including phenoxy) is 2. The number of Topliss-reactive ketones (excluding diaryl/α,β-unsaturated/α-hetero) is 1. The highest BCUT2D eigenvalue weighted by Crippen LogP contribution is 2.28. The van der Waals surface area contributed by atoms with E-state index in [0.29, 0.717) is 31.6 Å². The van der Waals surface area contributed by atoms with Crippen LogP contribution in [0, 0.1) is 0 Å². The second-order valence-electron chi connectivity index (χ2n) is 4.04. The Morgan fingerprint density at radius 2 is 2.25 bits per heavy atom. The van der Waals surface area contributed by atoms with Crippen LogP contribution in [-0.4, -0.2) is 41.5 Å². The summed E-state index contributed by atoms with van der Waals surface area (Å²) in [4.78, 5) is 12.3. The summed E-state index contributed by atoms with van der Waals surface area (Å²) in [5.41, 5.74) is -0.118. The van der Waals surface area contributed by atoms with E-state index in [9.17, 15) is 4.79 Å². The van der Waals surface area contributed by atoms with Gasteiger partial charge < -0.3 is 9.47 Å². The predicted octanol–water partition coefficient (Wildman–Crippen LogP) is 0.798. The van der Waals surface area contributed by atoms with Crippen molar-refractivity contribution in [3.8, 4) is 0 Å². The van der Waals surface area contributed by atoms with Crippen molar-refractivity contribution in [2.75, 3.05) is 20.3 Å². The van der Waals surface area contributed by atoms with Crippen LogP contribution >= 0.6 is 0 Å². The van der Waals surface area contributed by atoms with Gasteiger partial charge in [-0.1, -0.05) is 0 Å². The molecular formula is C11H16N2O3. The zero-order chi connectivity index (χ0) is 11.6. The lowest BCUT2D eigenvalue weighted by atomic mass is 9.87. The molecule has 0 bridgehead atoms. The minimum Gasteiger partial charge on any atom is -0.381 e. The summed E-state index contributed by atoms with van der Waals surface area (Å²) in [6, 6.07) is 0. The lowest BCUT2D eigenvalue weighted by molar-refractivity contribution is -0.0663. The van der Waals surface area contributed by atoms with Gasteiger partial charge in [-0.15, -0.1) is 0 Å². The molecule has 0 aliphatic carbocycles. The maximum absolute atomic E-state index is 12.3. The third kappa shape index (κ3) is 1.88. The van der Waals surface area contributed by atoms with E-state index >= 15 is 0 Å². The summed E-state index contributed by atoms with van der Waals surface area (Å²) in [5.74, 6) is 0.00593. The Hall–Kier alpha value is -1.20. The van der Waals surface area contributed by atoms with Crippen LogP contribution in [0.4, 0.5) is 0 Å². The molecule has 5 nitrogen and oxygen atoms in total. The van der Waals surface area contributed by atoms with Gasteiger partial charge in [0.25, 0.3) is 0 Å². The van der Waals surface area contributed by atoms with Crippen molar-refractivity contribution in [3.05, 3.63) is 18.0 Å². The molecule has 1 aliphatic heterocycles. The molecular weight excluding hydrogens is 208 g/mol. The van der Waals surface area contributed by atoms with Crippen LogP contribution in [0.15, 0.2) is 12.4 Å². The first kappa shape index (κ1) is 11.3. The Bertz CT molecular complexity index is 380. The fourth-order valence-electron chi connectivity index (χ4n) is 2.03. The number of aromatic nitrogens is 2. The highest BCUT2D eigenvalue weighted by molar-refractivity contribution is 6.02. The van der Waals surface area contributed by atoms with Crippen LogP contribution in [0.2, 0.25) is 0 Å². The molecule has 0 N–H and O–H groups in total. The van der Waals surface area contributed by atoms with Crippen LogP contribution in [0.3, 0.4) is 0 Å². The Kier molecular flexibility index (Phi) is 3.07. The van der Waals surface area contributed by atoms with Crippen molar-refractivity contribution < 1.29 is 14.3 Å². The normalized spacial score (nSPS) is 19.6. The van der Waals surface area contributed by atoms with Crippen LogP contribution < -0.4 is 0 Å². The summed E-state index contributed by atoms with van der Waals surface area (Å²) >= 11 is 0. The van der Waals surface area contributed by atoms with Gasteiger partial charge in [0, 0.05) is 46.4 Å². The van der Waals surface area contributed by atoms with Gasteiger partial charge in [0.15, 0.2) is 5.78 Å². The molecule has 2 rings (SSSR count). The minimum absolute atomic E-state index is 0.00593. The van der Waals surface area contributed by atoms with Crippen LogP contribution in [0.25, 0.3) is 0 Å². The number of carbonyl (C=O) groups excluding carboxylic acids is 1.